The lowest BCUT2D eigenvalue weighted by Crippen LogP contribution is -2.35. The minimum atomic E-state index is -0.948. The molecule has 7 nitrogen and oxygen atoms in total. The molecule has 3 rings (SSSR count). The Kier molecular flexibility index (Phi) is 4.97. The molecule has 2 aromatic carbocycles. The van der Waals surface area contributed by atoms with Crippen molar-refractivity contribution in [3.8, 4) is 11.5 Å². The Labute approximate surface area is 151 Å². The molecule has 0 saturated carbocycles. The molecule has 0 bridgehead atoms. The van der Waals surface area contributed by atoms with Crippen molar-refractivity contribution >= 4 is 17.6 Å². The number of hydrogen-bond donors (Lipinski definition) is 2. The average molecular weight is 356 g/mol. The normalized spacial score (nSPS) is 13.2. The highest BCUT2D eigenvalue weighted by molar-refractivity contribution is 5.97. The van der Waals surface area contributed by atoms with Crippen molar-refractivity contribution < 1.29 is 23.8 Å². The number of fused-ring (bicyclic) bond motifs is 1. The van der Waals surface area contributed by atoms with Crippen LogP contribution in [0.2, 0.25) is 0 Å². The van der Waals surface area contributed by atoms with Gasteiger partial charge in [-0.1, -0.05) is 18.2 Å². The van der Waals surface area contributed by atoms with E-state index < -0.39 is 18.0 Å². The molecule has 136 valence electrons. The van der Waals surface area contributed by atoms with Gasteiger partial charge in [-0.05, 0) is 43.2 Å². The summed E-state index contributed by atoms with van der Waals surface area (Å²) >= 11 is 0. The van der Waals surface area contributed by atoms with Crippen LogP contribution in [0.3, 0.4) is 0 Å². The van der Waals surface area contributed by atoms with Crippen LogP contribution in [-0.4, -0.2) is 24.8 Å². The first-order chi connectivity index (χ1) is 12.5. The van der Waals surface area contributed by atoms with Crippen LogP contribution < -0.4 is 20.5 Å². The van der Waals surface area contributed by atoms with Gasteiger partial charge in [-0.3, -0.25) is 4.79 Å². The smallest absolute Gasteiger partial charge is 0.341 e. The molecule has 7 heteroatoms. The summed E-state index contributed by atoms with van der Waals surface area (Å²) in [5.74, 6) is 0.295. The number of benzene rings is 2. The summed E-state index contributed by atoms with van der Waals surface area (Å²) in [6, 6.07) is 10.5. The van der Waals surface area contributed by atoms with Gasteiger partial charge in [0.2, 0.25) is 6.79 Å². The molecule has 1 heterocycles. The van der Waals surface area contributed by atoms with Crippen LogP contribution in [0.5, 0.6) is 11.5 Å². The van der Waals surface area contributed by atoms with Crippen LogP contribution >= 0.6 is 0 Å². The lowest BCUT2D eigenvalue weighted by molar-refractivity contribution is -0.129. The van der Waals surface area contributed by atoms with Gasteiger partial charge in [0.25, 0.3) is 5.91 Å². The molecule has 26 heavy (non-hydrogen) atoms. The number of nitrogens with one attached hydrogen (secondary N) is 1. The molecule has 0 fully saturated rings. The zero-order valence-electron chi connectivity index (χ0n) is 14.6. The highest BCUT2D eigenvalue weighted by atomic mass is 16.7. The fraction of sp³-hybridized carbons (Fsp3) is 0.263. The number of nitrogen functional groups attached to an aromatic ring is 1. The van der Waals surface area contributed by atoms with Crippen LogP contribution in [-0.2, 0) is 16.1 Å². The van der Waals surface area contributed by atoms with Gasteiger partial charge in [0.05, 0.1) is 5.56 Å². The Hall–Kier alpha value is -3.22. The molecule has 0 unspecified atom stereocenters. The molecular formula is C19H20N2O5. The van der Waals surface area contributed by atoms with Gasteiger partial charge in [-0.25, -0.2) is 4.79 Å². The summed E-state index contributed by atoms with van der Waals surface area (Å²) < 4.78 is 15.8. The molecule has 0 radical (unpaired) electrons. The molecule has 0 aliphatic carbocycles. The van der Waals surface area contributed by atoms with E-state index in [1.807, 2.05) is 6.07 Å². The van der Waals surface area contributed by atoms with Crippen LogP contribution in [0.25, 0.3) is 0 Å². The number of anilines is 1. The third-order valence-corrected chi connectivity index (χ3v) is 4.10. The van der Waals surface area contributed by atoms with Crippen molar-refractivity contribution in [1.82, 2.24) is 5.32 Å². The minimum absolute atomic E-state index is 0.195. The first-order valence-electron chi connectivity index (χ1n) is 8.18. The van der Waals surface area contributed by atoms with E-state index in [-0.39, 0.29) is 18.9 Å². The van der Waals surface area contributed by atoms with Crippen molar-refractivity contribution in [2.45, 2.75) is 26.5 Å². The lowest BCUT2D eigenvalue weighted by Gasteiger charge is -2.15. The van der Waals surface area contributed by atoms with Gasteiger partial charge in [0.15, 0.2) is 17.6 Å². The maximum Gasteiger partial charge on any atom is 0.341 e. The van der Waals surface area contributed by atoms with Crippen LogP contribution in [0.1, 0.15) is 28.4 Å². The van der Waals surface area contributed by atoms with E-state index in [9.17, 15) is 9.59 Å². The van der Waals surface area contributed by atoms with Crippen molar-refractivity contribution in [3.63, 3.8) is 0 Å². The quantitative estimate of drug-likeness (QED) is 0.629. The van der Waals surface area contributed by atoms with Crippen molar-refractivity contribution in [1.29, 1.82) is 0 Å². The Balaban J connectivity index is 1.56. The van der Waals surface area contributed by atoms with Crippen LogP contribution in [0, 0.1) is 6.92 Å². The van der Waals surface area contributed by atoms with E-state index in [1.54, 1.807) is 37.3 Å². The van der Waals surface area contributed by atoms with Crippen molar-refractivity contribution in [3.05, 3.63) is 53.1 Å². The Morgan fingerprint density at radius 2 is 2.00 bits per heavy atom. The zero-order chi connectivity index (χ0) is 18.7. The second kappa shape index (κ2) is 7.35. The number of hydrogen-bond acceptors (Lipinski definition) is 6. The van der Waals surface area contributed by atoms with E-state index >= 15 is 0 Å². The summed E-state index contributed by atoms with van der Waals surface area (Å²) in [5, 5.41) is 2.73. The van der Waals surface area contributed by atoms with Gasteiger partial charge in [0, 0.05) is 12.2 Å². The standard InChI is InChI=1S/C19H20N2O5/c1-11-4-3-5-14(17(11)20)19(23)26-12(2)18(22)21-9-13-6-7-15-16(8-13)25-10-24-15/h3-8,12H,9-10,20H2,1-2H3,(H,21,22)/t12-/m1/s1. The lowest BCUT2D eigenvalue weighted by atomic mass is 10.1. The predicted octanol–water partition coefficient (Wildman–Crippen LogP) is 2.17. The van der Waals surface area contributed by atoms with Crippen LogP contribution in [0.4, 0.5) is 5.69 Å². The molecule has 0 aromatic heterocycles. The fourth-order valence-corrected chi connectivity index (χ4v) is 2.52. The van der Waals surface area contributed by atoms with Crippen molar-refractivity contribution in [2.75, 3.05) is 12.5 Å². The van der Waals surface area contributed by atoms with Gasteiger partial charge < -0.3 is 25.3 Å². The van der Waals surface area contributed by atoms with Crippen LogP contribution in [0.15, 0.2) is 36.4 Å². The summed E-state index contributed by atoms with van der Waals surface area (Å²) in [5.41, 5.74) is 8.12. The van der Waals surface area contributed by atoms with E-state index in [2.05, 4.69) is 5.32 Å². The van der Waals surface area contributed by atoms with Gasteiger partial charge >= 0.3 is 5.97 Å². The van der Waals surface area contributed by atoms with Gasteiger partial charge in [-0.2, -0.15) is 0 Å². The maximum absolute atomic E-state index is 12.2. The Morgan fingerprint density at radius 3 is 2.81 bits per heavy atom. The highest BCUT2D eigenvalue weighted by Crippen LogP contribution is 2.32. The number of carbonyl (C=O) groups is 2. The summed E-state index contributed by atoms with van der Waals surface area (Å²) in [6.07, 6.45) is -0.948. The largest absolute Gasteiger partial charge is 0.454 e. The third-order valence-electron chi connectivity index (χ3n) is 4.10. The fourth-order valence-electron chi connectivity index (χ4n) is 2.52. The average Bonchev–Trinajstić information content (AvgIpc) is 3.09. The molecule has 1 aliphatic heterocycles. The molecule has 0 spiro atoms. The number of para-hydroxylation sites is 1. The summed E-state index contributed by atoms with van der Waals surface area (Å²) in [6.45, 7) is 3.79. The monoisotopic (exact) mass is 356 g/mol. The molecule has 1 amide bonds. The summed E-state index contributed by atoms with van der Waals surface area (Å²) in [4.78, 5) is 24.4. The number of ether oxygens (including phenoxy) is 3. The van der Waals surface area contributed by atoms with Gasteiger partial charge in [0.1, 0.15) is 0 Å². The second-order valence-electron chi connectivity index (χ2n) is 5.99. The molecule has 2 aromatic rings. The van der Waals surface area contributed by atoms with Crippen molar-refractivity contribution in [2.24, 2.45) is 0 Å². The van der Waals surface area contributed by atoms with E-state index in [0.29, 0.717) is 17.2 Å². The number of nitrogens with two attached hydrogens (primary N) is 1. The van der Waals surface area contributed by atoms with E-state index in [0.717, 1.165) is 11.1 Å². The van der Waals surface area contributed by atoms with Gasteiger partial charge in [-0.15, -0.1) is 0 Å². The number of amides is 1. The van der Waals surface area contributed by atoms with E-state index in [1.165, 1.54) is 6.92 Å². The Bertz CT molecular complexity index is 850. The molecule has 1 aliphatic rings. The first kappa shape index (κ1) is 17.6. The highest BCUT2D eigenvalue weighted by Gasteiger charge is 2.21. The molecule has 3 N–H and O–H groups in total. The minimum Gasteiger partial charge on any atom is -0.454 e. The SMILES string of the molecule is Cc1cccc(C(=O)O[C@H](C)C(=O)NCc2ccc3c(c2)OCO3)c1N. The second-order valence-corrected chi connectivity index (χ2v) is 5.99. The number of aryl methyl sites for hydroxylation is 1. The number of esters is 1. The van der Waals surface area contributed by atoms with E-state index in [4.69, 9.17) is 19.9 Å². The first-order valence-corrected chi connectivity index (χ1v) is 8.18. The zero-order valence-corrected chi connectivity index (χ0v) is 14.6. The predicted molar refractivity (Wildman–Crippen MR) is 94.9 cm³/mol. The number of rotatable bonds is 5. The summed E-state index contributed by atoms with van der Waals surface area (Å²) in [7, 11) is 0. The third kappa shape index (κ3) is 3.72. The maximum atomic E-state index is 12.2. The Morgan fingerprint density at radius 1 is 1.23 bits per heavy atom. The number of carbonyl (C=O) groups excluding carboxylic acids is 2. The molecular weight excluding hydrogens is 336 g/mol. The molecule has 1 atom stereocenters. The topological polar surface area (TPSA) is 99.9 Å². The molecule has 0 saturated heterocycles.